The largest absolute Gasteiger partial charge is 0.494 e. The third-order valence-electron chi connectivity index (χ3n) is 5.19. The number of hydrogen-bond acceptors (Lipinski definition) is 3. The van der Waals surface area contributed by atoms with E-state index in [2.05, 4.69) is 11.8 Å². The summed E-state index contributed by atoms with van der Waals surface area (Å²) < 4.78 is 5.54. The van der Waals surface area contributed by atoms with Crippen LogP contribution in [0.5, 0.6) is 5.75 Å². The Morgan fingerprint density at radius 2 is 1.68 bits per heavy atom. The minimum absolute atomic E-state index is 0. The maximum absolute atomic E-state index is 11.4. The molecule has 1 aromatic carbocycles. The molecule has 0 amide bonds. The van der Waals surface area contributed by atoms with Gasteiger partial charge in [0, 0.05) is 6.54 Å². The van der Waals surface area contributed by atoms with E-state index in [0.717, 1.165) is 37.1 Å². The van der Waals surface area contributed by atoms with Crippen molar-refractivity contribution in [2.75, 3.05) is 26.2 Å². The maximum Gasteiger partial charge on any atom is 0.119 e. The second-order valence-electron chi connectivity index (χ2n) is 7.10. The minimum Gasteiger partial charge on any atom is -0.494 e. The molecule has 1 aliphatic heterocycles. The molecule has 3 nitrogen and oxygen atoms in total. The fourth-order valence-corrected chi connectivity index (χ4v) is 3.64. The van der Waals surface area contributed by atoms with E-state index < -0.39 is 5.60 Å². The molecule has 1 unspecified atom stereocenters. The molecule has 144 valence electrons. The Hall–Kier alpha value is -0.770. The first-order chi connectivity index (χ1) is 11.7. The fourth-order valence-electron chi connectivity index (χ4n) is 3.64. The van der Waals surface area contributed by atoms with Gasteiger partial charge < -0.3 is 14.7 Å². The van der Waals surface area contributed by atoms with E-state index in [-0.39, 0.29) is 12.4 Å². The van der Waals surface area contributed by atoms with Crippen molar-refractivity contribution < 1.29 is 9.84 Å². The highest BCUT2D eigenvalue weighted by Crippen LogP contribution is 2.33. The van der Waals surface area contributed by atoms with Crippen molar-refractivity contribution in [2.24, 2.45) is 0 Å². The molecule has 0 spiro atoms. The van der Waals surface area contributed by atoms with Gasteiger partial charge in [0.05, 0.1) is 12.2 Å². The van der Waals surface area contributed by atoms with E-state index >= 15 is 0 Å². The van der Waals surface area contributed by atoms with Crippen molar-refractivity contribution >= 4 is 12.4 Å². The Balaban J connectivity index is 0.00000312. The number of ether oxygens (including phenoxy) is 1. The first-order valence-electron chi connectivity index (χ1n) is 9.86. The van der Waals surface area contributed by atoms with Gasteiger partial charge in [-0.05, 0) is 63.4 Å². The number of unbranched alkanes of at least 4 members (excludes halogenated alkanes) is 2. The van der Waals surface area contributed by atoms with E-state index in [1.807, 2.05) is 31.2 Å². The molecular weight excluding hydrogens is 334 g/mol. The van der Waals surface area contributed by atoms with E-state index in [9.17, 15) is 5.11 Å². The molecule has 0 radical (unpaired) electrons. The minimum atomic E-state index is -0.711. The lowest BCUT2D eigenvalue weighted by Gasteiger charge is -2.33. The van der Waals surface area contributed by atoms with Gasteiger partial charge in [-0.2, -0.15) is 0 Å². The van der Waals surface area contributed by atoms with Crippen LogP contribution in [0.15, 0.2) is 24.3 Å². The Bertz CT molecular complexity index is 459. The van der Waals surface area contributed by atoms with Crippen LogP contribution in [0.4, 0.5) is 0 Å². The molecule has 1 saturated heterocycles. The third kappa shape index (κ3) is 7.16. The number of aliphatic hydroxyl groups is 1. The molecule has 0 aliphatic carbocycles. The van der Waals surface area contributed by atoms with Gasteiger partial charge in [0.25, 0.3) is 0 Å². The Morgan fingerprint density at radius 3 is 2.28 bits per heavy atom. The molecule has 0 saturated carbocycles. The molecule has 1 aliphatic rings. The molecule has 1 fully saturated rings. The lowest BCUT2D eigenvalue weighted by Crippen LogP contribution is -2.36. The van der Waals surface area contributed by atoms with Crippen molar-refractivity contribution in [3.8, 4) is 5.75 Å². The summed E-state index contributed by atoms with van der Waals surface area (Å²) in [7, 11) is 0. The van der Waals surface area contributed by atoms with Gasteiger partial charge in [-0.15, -0.1) is 12.4 Å². The molecule has 0 aromatic heterocycles. The molecule has 1 heterocycles. The number of likely N-dealkylation sites (tertiary alicyclic amines) is 1. The zero-order valence-corrected chi connectivity index (χ0v) is 16.8. The van der Waals surface area contributed by atoms with Gasteiger partial charge in [0.1, 0.15) is 5.75 Å². The van der Waals surface area contributed by atoms with Crippen LogP contribution >= 0.6 is 12.4 Å². The van der Waals surface area contributed by atoms with Crippen LogP contribution in [0.25, 0.3) is 0 Å². The van der Waals surface area contributed by atoms with Gasteiger partial charge in [-0.1, -0.05) is 44.7 Å². The maximum atomic E-state index is 11.4. The van der Waals surface area contributed by atoms with Gasteiger partial charge in [0.2, 0.25) is 0 Å². The summed E-state index contributed by atoms with van der Waals surface area (Å²) in [5.41, 5.74) is 0.330. The topological polar surface area (TPSA) is 32.7 Å². The van der Waals surface area contributed by atoms with Crippen LogP contribution in [0.1, 0.15) is 70.8 Å². The smallest absolute Gasteiger partial charge is 0.119 e. The zero-order valence-electron chi connectivity index (χ0n) is 16.0. The standard InChI is InChI=1S/C21H35NO2.ClH/c1-3-5-7-14-21(23,15-18-22-16-8-6-9-17-22)19-10-12-20(13-11-19)24-4-2;/h10-13,23H,3-9,14-18H2,1-2H3;1H. The van der Waals surface area contributed by atoms with Crippen LogP contribution in [-0.2, 0) is 5.60 Å². The first-order valence-corrected chi connectivity index (χ1v) is 9.86. The highest BCUT2D eigenvalue weighted by Gasteiger charge is 2.29. The monoisotopic (exact) mass is 369 g/mol. The lowest BCUT2D eigenvalue weighted by atomic mass is 9.85. The van der Waals surface area contributed by atoms with Gasteiger partial charge in [-0.3, -0.25) is 0 Å². The number of halogens is 1. The quantitative estimate of drug-likeness (QED) is 0.579. The van der Waals surface area contributed by atoms with Gasteiger partial charge >= 0.3 is 0 Å². The Kier molecular flexibility index (Phi) is 10.5. The molecule has 1 N–H and O–H groups in total. The summed E-state index contributed by atoms with van der Waals surface area (Å²) in [5.74, 6) is 0.883. The van der Waals surface area contributed by atoms with Crippen molar-refractivity contribution in [1.82, 2.24) is 4.90 Å². The van der Waals surface area contributed by atoms with Crippen LogP contribution in [-0.4, -0.2) is 36.2 Å². The summed E-state index contributed by atoms with van der Waals surface area (Å²) in [6.45, 7) is 8.25. The fraction of sp³-hybridized carbons (Fsp3) is 0.714. The summed E-state index contributed by atoms with van der Waals surface area (Å²) in [6, 6.07) is 8.08. The predicted octanol–water partition coefficient (Wildman–Crippen LogP) is 5.15. The number of hydrogen-bond donors (Lipinski definition) is 1. The van der Waals surface area contributed by atoms with E-state index in [4.69, 9.17) is 4.74 Å². The first kappa shape index (κ1) is 22.3. The lowest BCUT2D eigenvalue weighted by molar-refractivity contribution is 0.00484. The second-order valence-corrected chi connectivity index (χ2v) is 7.10. The van der Waals surface area contributed by atoms with E-state index in [1.165, 1.54) is 45.2 Å². The number of benzene rings is 1. The second kappa shape index (κ2) is 11.8. The SMILES string of the molecule is CCCCCC(O)(CCN1CCCCC1)c1ccc(OCC)cc1.Cl. The van der Waals surface area contributed by atoms with E-state index in [1.54, 1.807) is 0 Å². The van der Waals surface area contributed by atoms with Crippen molar-refractivity contribution in [3.63, 3.8) is 0 Å². The third-order valence-corrected chi connectivity index (χ3v) is 5.19. The predicted molar refractivity (Wildman–Crippen MR) is 108 cm³/mol. The summed E-state index contributed by atoms with van der Waals surface area (Å²) in [4.78, 5) is 2.52. The van der Waals surface area contributed by atoms with E-state index in [0.29, 0.717) is 6.61 Å². The molecule has 0 bridgehead atoms. The molecule has 4 heteroatoms. The molecule has 1 atom stereocenters. The number of rotatable bonds is 10. The molecular formula is C21H36ClNO2. The highest BCUT2D eigenvalue weighted by atomic mass is 35.5. The number of piperidine rings is 1. The molecule has 25 heavy (non-hydrogen) atoms. The Morgan fingerprint density at radius 1 is 1.00 bits per heavy atom. The van der Waals surface area contributed by atoms with Crippen molar-refractivity contribution in [2.45, 2.75) is 70.8 Å². The zero-order chi connectivity index (χ0) is 17.3. The van der Waals surface area contributed by atoms with Crippen molar-refractivity contribution in [3.05, 3.63) is 29.8 Å². The van der Waals surface area contributed by atoms with Crippen molar-refractivity contribution in [1.29, 1.82) is 0 Å². The summed E-state index contributed by atoms with van der Waals surface area (Å²) in [6.07, 6.45) is 9.09. The molecule has 2 rings (SSSR count). The van der Waals surface area contributed by atoms with Gasteiger partial charge in [0.15, 0.2) is 0 Å². The average Bonchev–Trinajstić information content (AvgIpc) is 2.62. The van der Waals surface area contributed by atoms with Crippen LogP contribution < -0.4 is 4.74 Å². The summed E-state index contributed by atoms with van der Waals surface area (Å²) >= 11 is 0. The average molecular weight is 370 g/mol. The Labute approximate surface area is 160 Å². The molecule has 1 aromatic rings. The highest BCUT2D eigenvalue weighted by molar-refractivity contribution is 5.85. The van der Waals surface area contributed by atoms with Crippen LogP contribution in [0.3, 0.4) is 0 Å². The van der Waals surface area contributed by atoms with Crippen LogP contribution in [0, 0.1) is 0 Å². The summed E-state index contributed by atoms with van der Waals surface area (Å²) in [5, 5.41) is 11.4. The van der Waals surface area contributed by atoms with Gasteiger partial charge in [-0.25, -0.2) is 0 Å². The number of nitrogens with zero attached hydrogens (tertiary/aromatic N) is 1. The van der Waals surface area contributed by atoms with Crippen LogP contribution in [0.2, 0.25) is 0 Å². The normalized spacial score (nSPS) is 17.6.